The van der Waals surface area contributed by atoms with Crippen molar-refractivity contribution in [3.8, 4) is 5.75 Å². The molecule has 4 nitrogen and oxygen atoms in total. The summed E-state index contributed by atoms with van der Waals surface area (Å²) in [6.07, 6.45) is 1.87. The highest BCUT2D eigenvalue weighted by Crippen LogP contribution is 2.18. The number of rotatable bonds is 4. The van der Waals surface area contributed by atoms with Crippen LogP contribution in [0.3, 0.4) is 0 Å². The molecule has 0 spiro atoms. The second kappa shape index (κ2) is 6.40. The van der Waals surface area contributed by atoms with Crippen molar-refractivity contribution >= 4 is 5.91 Å². The van der Waals surface area contributed by atoms with E-state index < -0.39 is 0 Å². The number of amides is 1. The first-order valence-electron chi connectivity index (χ1n) is 6.41. The molecular weight excluding hydrogens is 228 g/mol. The highest BCUT2D eigenvalue weighted by molar-refractivity contribution is 5.78. The Morgan fingerprint density at radius 3 is 3.06 bits per heavy atom. The molecule has 1 N–H and O–H groups in total. The molecule has 0 aromatic heterocycles. The van der Waals surface area contributed by atoms with E-state index in [1.54, 1.807) is 7.11 Å². The smallest absolute Gasteiger partial charge is 0.236 e. The number of carbonyl (C=O) groups excluding carboxylic acids is 1. The Hall–Kier alpha value is -1.55. The Bertz CT molecular complexity index is 407. The molecule has 0 aliphatic carbocycles. The Balaban J connectivity index is 1.95. The van der Waals surface area contributed by atoms with Crippen LogP contribution in [0.15, 0.2) is 24.3 Å². The second-order valence-electron chi connectivity index (χ2n) is 4.47. The van der Waals surface area contributed by atoms with Crippen LogP contribution < -0.4 is 10.1 Å². The van der Waals surface area contributed by atoms with Gasteiger partial charge in [0.2, 0.25) is 5.91 Å². The summed E-state index contributed by atoms with van der Waals surface area (Å²) in [7, 11) is 1.68. The number of benzene rings is 1. The first-order valence-corrected chi connectivity index (χ1v) is 6.41. The first kappa shape index (κ1) is 12.9. The van der Waals surface area contributed by atoms with E-state index in [2.05, 4.69) is 11.4 Å². The molecule has 1 amide bonds. The van der Waals surface area contributed by atoms with Gasteiger partial charge in [-0.3, -0.25) is 4.79 Å². The Labute approximate surface area is 108 Å². The topological polar surface area (TPSA) is 41.6 Å². The molecule has 0 atom stereocenters. The van der Waals surface area contributed by atoms with Crippen molar-refractivity contribution in [2.45, 2.75) is 12.8 Å². The zero-order chi connectivity index (χ0) is 12.8. The Morgan fingerprint density at radius 2 is 2.22 bits per heavy atom. The molecule has 0 bridgehead atoms. The van der Waals surface area contributed by atoms with E-state index >= 15 is 0 Å². The van der Waals surface area contributed by atoms with Crippen molar-refractivity contribution in [1.82, 2.24) is 10.2 Å². The van der Waals surface area contributed by atoms with Crippen molar-refractivity contribution in [3.63, 3.8) is 0 Å². The lowest BCUT2D eigenvalue weighted by Gasteiger charge is -2.20. The van der Waals surface area contributed by atoms with Crippen LogP contribution in [-0.4, -0.2) is 44.1 Å². The number of hydrogen-bond acceptors (Lipinski definition) is 3. The van der Waals surface area contributed by atoms with Gasteiger partial charge in [-0.1, -0.05) is 18.2 Å². The van der Waals surface area contributed by atoms with Crippen molar-refractivity contribution in [2.75, 3.05) is 33.3 Å². The lowest BCUT2D eigenvalue weighted by molar-refractivity contribution is -0.129. The molecule has 0 radical (unpaired) electrons. The van der Waals surface area contributed by atoms with Crippen molar-refractivity contribution in [2.24, 2.45) is 0 Å². The van der Waals surface area contributed by atoms with Gasteiger partial charge in [0.15, 0.2) is 0 Å². The zero-order valence-electron chi connectivity index (χ0n) is 10.8. The van der Waals surface area contributed by atoms with Gasteiger partial charge in [-0.25, -0.2) is 0 Å². The normalized spacial score (nSPS) is 16.5. The van der Waals surface area contributed by atoms with E-state index in [-0.39, 0.29) is 5.91 Å². The number of methoxy groups -OCH3 is 1. The van der Waals surface area contributed by atoms with Crippen LogP contribution in [0, 0.1) is 0 Å². The van der Waals surface area contributed by atoms with Crippen LogP contribution in [0.2, 0.25) is 0 Å². The van der Waals surface area contributed by atoms with Gasteiger partial charge in [-0.15, -0.1) is 0 Å². The molecule has 1 saturated heterocycles. The summed E-state index contributed by atoms with van der Waals surface area (Å²) < 4.78 is 5.32. The summed E-state index contributed by atoms with van der Waals surface area (Å²) in [4.78, 5) is 13.8. The first-order chi connectivity index (χ1) is 8.81. The third-order valence-corrected chi connectivity index (χ3v) is 3.25. The van der Waals surface area contributed by atoms with Gasteiger partial charge < -0.3 is 15.0 Å². The molecule has 1 fully saturated rings. The standard InChI is InChI=1S/C14H20N2O2/c1-18-13-6-3-2-5-12(13)7-10-16-9-4-8-15-11-14(16)17/h2-3,5-6,15H,4,7-11H2,1H3. The monoisotopic (exact) mass is 248 g/mol. The fraction of sp³-hybridized carbons (Fsp3) is 0.500. The lowest BCUT2D eigenvalue weighted by Crippen LogP contribution is -2.36. The quantitative estimate of drug-likeness (QED) is 0.866. The maximum atomic E-state index is 11.8. The van der Waals surface area contributed by atoms with Crippen molar-refractivity contribution < 1.29 is 9.53 Å². The minimum atomic E-state index is 0.197. The number of hydrogen-bond donors (Lipinski definition) is 1. The molecule has 1 aliphatic rings. The summed E-state index contributed by atoms with van der Waals surface area (Å²) in [5.41, 5.74) is 1.16. The van der Waals surface area contributed by atoms with E-state index in [0.717, 1.165) is 43.8 Å². The van der Waals surface area contributed by atoms with Gasteiger partial charge in [-0.05, 0) is 31.0 Å². The van der Waals surface area contributed by atoms with Gasteiger partial charge in [0, 0.05) is 13.1 Å². The van der Waals surface area contributed by atoms with Crippen LogP contribution in [-0.2, 0) is 11.2 Å². The van der Waals surface area contributed by atoms with E-state index in [1.807, 2.05) is 23.1 Å². The highest BCUT2D eigenvalue weighted by atomic mass is 16.5. The van der Waals surface area contributed by atoms with Crippen molar-refractivity contribution in [1.29, 1.82) is 0 Å². The molecule has 4 heteroatoms. The molecule has 1 aliphatic heterocycles. The van der Waals surface area contributed by atoms with Crippen LogP contribution in [0.25, 0.3) is 0 Å². The molecule has 0 saturated carbocycles. The van der Waals surface area contributed by atoms with Crippen LogP contribution in [0.4, 0.5) is 0 Å². The maximum Gasteiger partial charge on any atom is 0.236 e. The molecular formula is C14H20N2O2. The van der Waals surface area contributed by atoms with Crippen LogP contribution in [0.1, 0.15) is 12.0 Å². The van der Waals surface area contributed by atoms with Crippen molar-refractivity contribution in [3.05, 3.63) is 29.8 Å². The van der Waals surface area contributed by atoms with E-state index in [9.17, 15) is 4.79 Å². The van der Waals surface area contributed by atoms with E-state index in [1.165, 1.54) is 0 Å². The van der Waals surface area contributed by atoms with Gasteiger partial charge in [0.1, 0.15) is 5.75 Å². The second-order valence-corrected chi connectivity index (χ2v) is 4.47. The molecule has 2 rings (SSSR count). The van der Waals surface area contributed by atoms with Crippen LogP contribution in [0.5, 0.6) is 5.75 Å². The summed E-state index contributed by atoms with van der Waals surface area (Å²) in [6.45, 7) is 3.00. The Morgan fingerprint density at radius 1 is 1.39 bits per heavy atom. The van der Waals surface area contributed by atoms with Crippen LogP contribution >= 0.6 is 0 Å². The number of para-hydroxylation sites is 1. The van der Waals surface area contributed by atoms with Gasteiger partial charge in [0.05, 0.1) is 13.7 Å². The highest BCUT2D eigenvalue weighted by Gasteiger charge is 2.16. The summed E-state index contributed by atoms with van der Waals surface area (Å²) in [5, 5.41) is 3.13. The molecule has 1 heterocycles. The van der Waals surface area contributed by atoms with Gasteiger partial charge in [-0.2, -0.15) is 0 Å². The minimum Gasteiger partial charge on any atom is -0.496 e. The third-order valence-electron chi connectivity index (χ3n) is 3.25. The molecule has 1 aromatic rings. The SMILES string of the molecule is COc1ccccc1CCN1CCCNCC1=O. The largest absolute Gasteiger partial charge is 0.496 e. The molecule has 98 valence electrons. The van der Waals surface area contributed by atoms with Gasteiger partial charge >= 0.3 is 0 Å². The fourth-order valence-corrected chi connectivity index (χ4v) is 2.23. The Kier molecular flexibility index (Phi) is 4.59. The van der Waals surface area contributed by atoms with E-state index in [0.29, 0.717) is 6.54 Å². The summed E-state index contributed by atoms with van der Waals surface area (Å²) in [5.74, 6) is 1.10. The number of nitrogens with zero attached hydrogens (tertiary/aromatic N) is 1. The van der Waals surface area contributed by atoms with Gasteiger partial charge in [0.25, 0.3) is 0 Å². The predicted molar refractivity (Wildman–Crippen MR) is 70.8 cm³/mol. The minimum absolute atomic E-state index is 0.197. The lowest BCUT2D eigenvalue weighted by atomic mass is 10.1. The average molecular weight is 248 g/mol. The predicted octanol–water partition coefficient (Wildman–Crippen LogP) is 1.06. The zero-order valence-corrected chi connectivity index (χ0v) is 10.8. The average Bonchev–Trinajstić information content (AvgIpc) is 2.61. The molecule has 1 aromatic carbocycles. The number of carbonyl (C=O) groups is 1. The maximum absolute atomic E-state index is 11.8. The third kappa shape index (κ3) is 3.23. The summed E-state index contributed by atoms with van der Waals surface area (Å²) in [6, 6.07) is 7.98. The van der Waals surface area contributed by atoms with E-state index in [4.69, 9.17) is 4.74 Å². The fourth-order valence-electron chi connectivity index (χ4n) is 2.23. The molecule has 18 heavy (non-hydrogen) atoms. The summed E-state index contributed by atoms with van der Waals surface area (Å²) >= 11 is 0. The molecule has 0 unspecified atom stereocenters. The number of ether oxygens (including phenoxy) is 1. The number of nitrogens with one attached hydrogen (secondary N) is 1.